The molecule has 0 spiro atoms. The number of nitrogens with zero attached hydrogens (tertiary/aromatic N) is 2. The Morgan fingerprint density at radius 2 is 1.70 bits per heavy atom. The second-order valence-electron chi connectivity index (χ2n) is 12.6. The maximum Gasteiger partial charge on any atom is 0.244 e. The summed E-state index contributed by atoms with van der Waals surface area (Å²) in [6.07, 6.45) is 14.7. The van der Waals surface area contributed by atoms with Crippen molar-refractivity contribution in [3.05, 3.63) is 35.9 Å². The van der Waals surface area contributed by atoms with Crippen molar-refractivity contribution < 1.29 is 29.0 Å². The first-order valence-electron chi connectivity index (χ1n) is 16.4. The minimum Gasteiger partial charge on any atom is -0.389 e. The first-order valence-corrected chi connectivity index (χ1v) is 16.4. The molecule has 254 valence electrons. The van der Waals surface area contributed by atoms with Gasteiger partial charge in [-0.3, -0.25) is 19.3 Å². The van der Waals surface area contributed by atoms with Gasteiger partial charge in [-0.2, -0.15) is 0 Å². The normalized spacial score (nSPS) is 17.4. The third kappa shape index (κ3) is 12.7. The van der Waals surface area contributed by atoms with Crippen LogP contribution in [-0.4, -0.2) is 96.0 Å². The number of aliphatic hydroxyl groups is 2. The van der Waals surface area contributed by atoms with Gasteiger partial charge in [-0.15, -0.1) is 24.7 Å². The van der Waals surface area contributed by atoms with Crippen molar-refractivity contribution in [2.45, 2.75) is 95.4 Å². The predicted molar refractivity (Wildman–Crippen MR) is 178 cm³/mol. The summed E-state index contributed by atoms with van der Waals surface area (Å²) in [4.78, 5) is 43.9. The van der Waals surface area contributed by atoms with E-state index in [1.165, 1.54) is 9.80 Å². The van der Waals surface area contributed by atoms with E-state index in [9.17, 15) is 29.0 Å². The second kappa shape index (κ2) is 20.6. The summed E-state index contributed by atoms with van der Waals surface area (Å²) >= 11 is 0. The van der Waals surface area contributed by atoms with Crippen LogP contribution in [0, 0.1) is 42.4 Å². The SMILES string of the molecule is C#CCC(O)C(O)C(CC1CCCCC1)NC(=O)C(NC(=O)C(CC(=O)N(C)CCN(C)CF)Cc1ccccc1)C(C#C)CC. The van der Waals surface area contributed by atoms with E-state index in [0.29, 0.717) is 19.4 Å². The molecule has 3 amide bonds. The van der Waals surface area contributed by atoms with Gasteiger partial charge in [-0.25, -0.2) is 4.39 Å². The largest absolute Gasteiger partial charge is 0.389 e. The van der Waals surface area contributed by atoms with Crippen LogP contribution < -0.4 is 10.6 Å². The number of likely N-dealkylation sites (N-methyl/N-ethyl adjacent to an activating group) is 2. The molecule has 2 rings (SSSR count). The molecular weight excluding hydrogens is 587 g/mol. The number of rotatable bonds is 19. The van der Waals surface area contributed by atoms with Crippen LogP contribution >= 0.6 is 0 Å². The van der Waals surface area contributed by atoms with Gasteiger partial charge in [-0.1, -0.05) is 69.4 Å². The molecule has 0 aromatic heterocycles. The van der Waals surface area contributed by atoms with E-state index >= 15 is 0 Å². The number of terminal acetylenes is 2. The summed E-state index contributed by atoms with van der Waals surface area (Å²) in [7, 11) is 3.22. The number of halogens is 1. The van der Waals surface area contributed by atoms with Crippen LogP contribution in [-0.2, 0) is 20.8 Å². The fraction of sp³-hybridized carbons (Fsp3) is 0.639. The van der Waals surface area contributed by atoms with Gasteiger partial charge in [-0.05, 0) is 37.8 Å². The zero-order valence-electron chi connectivity index (χ0n) is 27.7. The Hall–Kier alpha value is -3.44. The molecule has 9 nitrogen and oxygen atoms in total. The Bertz CT molecular complexity index is 1160. The number of alkyl halides is 1. The first kappa shape index (κ1) is 38.7. The minimum absolute atomic E-state index is 0.0754. The third-order valence-electron chi connectivity index (χ3n) is 8.97. The minimum atomic E-state index is -1.31. The lowest BCUT2D eigenvalue weighted by Gasteiger charge is -2.34. The van der Waals surface area contributed by atoms with Crippen molar-refractivity contribution in [2.24, 2.45) is 17.8 Å². The van der Waals surface area contributed by atoms with Crippen molar-refractivity contribution in [3.63, 3.8) is 0 Å². The van der Waals surface area contributed by atoms with Crippen molar-refractivity contribution in [1.29, 1.82) is 0 Å². The third-order valence-corrected chi connectivity index (χ3v) is 8.97. The summed E-state index contributed by atoms with van der Waals surface area (Å²) in [5.41, 5.74) is 0.846. The molecule has 6 unspecified atom stereocenters. The molecule has 6 atom stereocenters. The number of amides is 3. The molecule has 1 aliphatic rings. The molecule has 4 N–H and O–H groups in total. The number of nitrogens with one attached hydrogen (secondary N) is 2. The van der Waals surface area contributed by atoms with Gasteiger partial charge in [0, 0.05) is 38.9 Å². The number of benzene rings is 1. The molecule has 0 heterocycles. The van der Waals surface area contributed by atoms with E-state index in [1.54, 1.807) is 14.1 Å². The van der Waals surface area contributed by atoms with Crippen molar-refractivity contribution >= 4 is 17.7 Å². The number of carbonyl (C=O) groups excluding carboxylic acids is 3. The molecule has 1 saturated carbocycles. The number of aliphatic hydroxyl groups excluding tert-OH is 2. The van der Waals surface area contributed by atoms with E-state index < -0.39 is 54.7 Å². The fourth-order valence-electron chi connectivity index (χ4n) is 5.95. The van der Waals surface area contributed by atoms with Crippen LogP contribution in [0.4, 0.5) is 4.39 Å². The van der Waals surface area contributed by atoms with Crippen molar-refractivity contribution in [2.75, 3.05) is 34.0 Å². The molecule has 0 saturated heterocycles. The molecule has 1 aromatic carbocycles. The molecular formula is C36H53FN4O5. The highest BCUT2D eigenvalue weighted by atomic mass is 19.1. The lowest BCUT2D eigenvalue weighted by atomic mass is 9.82. The van der Waals surface area contributed by atoms with Gasteiger partial charge in [0.2, 0.25) is 17.7 Å². The summed E-state index contributed by atoms with van der Waals surface area (Å²) < 4.78 is 12.9. The van der Waals surface area contributed by atoms with Crippen LogP contribution in [0.2, 0.25) is 0 Å². The van der Waals surface area contributed by atoms with E-state index in [-0.39, 0.29) is 37.6 Å². The highest BCUT2D eigenvalue weighted by molar-refractivity contribution is 5.91. The predicted octanol–water partition coefficient (Wildman–Crippen LogP) is 2.90. The van der Waals surface area contributed by atoms with Crippen molar-refractivity contribution in [1.82, 2.24) is 20.4 Å². The van der Waals surface area contributed by atoms with Gasteiger partial charge in [0.15, 0.2) is 0 Å². The lowest BCUT2D eigenvalue weighted by molar-refractivity contribution is -0.137. The maximum atomic E-state index is 13.9. The highest BCUT2D eigenvalue weighted by Gasteiger charge is 2.36. The van der Waals surface area contributed by atoms with Gasteiger partial charge in [0.05, 0.1) is 18.1 Å². The summed E-state index contributed by atoms with van der Waals surface area (Å²) in [6, 6.07) is 7.34. The maximum absolute atomic E-state index is 13.9. The van der Waals surface area contributed by atoms with Crippen LogP contribution in [0.3, 0.4) is 0 Å². The van der Waals surface area contributed by atoms with Gasteiger partial charge in [0.1, 0.15) is 18.9 Å². The van der Waals surface area contributed by atoms with Crippen LogP contribution in [0.5, 0.6) is 0 Å². The van der Waals surface area contributed by atoms with Crippen LogP contribution in [0.15, 0.2) is 30.3 Å². The van der Waals surface area contributed by atoms with Gasteiger partial charge >= 0.3 is 0 Å². The molecule has 1 aromatic rings. The van der Waals surface area contributed by atoms with Crippen LogP contribution in [0.25, 0.3) is 0 Å². The van der Waals surface area contributed by atoms with Gasteiger partial charge in [0.25, 0.3) is 0 Å². The van der Waals surface area contributed by atoms with E-state index in [2.05, 4.69) is 22.5 Å². The Kier molecular flexibility index (Phi) is 17.4. The zero-order valence-corrected chi connectivity index (χ0v) is 27.7. The van der Waals surface area contributed by atoms with Crippen molar-refractivity contribution in [3.8, 4) is 24.7 Å². The molecule has 1 fully saturated rings. The zero-order chi connectivity index (χ0) is 34.1. The molecule has 0 bridgehead atoms. The molecule has 0 radical (unpaired) electrons. The number of carbonyl (C=O) groups is 3. The lowest BCUT2D eigenvalue weighted by Crippen LogP contribution is -2.57. The molecule has 0 aliphatic heterocycles. The van der Waals surface area contributed by atoms with E-state index in [0.717, 1.165) is 37.7 Å². The topological polar surface area (TPSA) is 122 Å². The quantitative estimate of drug-likeness (QED) is 0.136. The molecule has 46 heavy (non-hydrogen) atoms. The first-order chi connectivity index (χ1) is 22.0. The Labute approximate surface area is 274 Å². The standard InChI is InChI=1S/C36H53FN4O5/c1-6-15-31(42)34(44)30(23-27-18-13-10-14-19-27)38-36(46)33(28(7-2)8-3)39-35(45)29(22-26-16-11-9-12-17-26)24-32(43)41(5)21-20-40(4)25-37/h1-2,9,11-12,16-17,27-31,33-34,42,44H,8,10,13-15,18-25H2,3-5H3,(H,38,46)(H,39,45). The Morgan fingerprint density at radius 3 is 2.28 bits per heavy atom. The summed E-state index contributed by atoms with van der Waals surface area (Å²) in [6.45, 7) is 1.80. The average Bonchev–Trinajstić information content (AvgIpc) is 3.06. The fourth-order valence-corrected chi connectivity index (χ4v) is 5.95. The number of hydrogen-bond donors (Lipinski definition) is 4. The highest BCUT2D eigenvalue weighted by Crippen LogP contribution is 2.29. The van der Waals surface area contributed by atoms with E-state index in [1.807, 2.05) is 37.3 Å². The molecule has 10 heteroatoms. The van der Waals surface area contributed by atoms with Crippen LogP contribution in [0.1, 0.15) is 70.3 Å². The average molecular weight is 641 g/mol. The summed E-state index contributed by atoms with van der Waals surface area (Å²) in [5, 5.41) is 27.3. The second-order valence-corrected chi connectivity index (χ2v) is 12.6. The monoisotopic (exact) mass is 640 g/mol. The van der Waals surface area contributed by atoms with E-state index in [4.69, 9.17) is 12.8 Å². The Morgan fingerprint density at radius 1 is 1.02 bits per heavy atom. The Balaban J connectivity index is 2.30. The summed E-state index contributed by atoms with van der Waals surface area (Å²) in [5.74, 6) is 2.40. The van der Waals surface area contributed by atoms with Gasteiger partial charge < -0.3 is 25.7 Å². The number of hydrogen-bond acceptors (Lipinski definition) is 6. The smallest absolute Gasteiger partial charge is 0.244 e. The molecule has 1 aliphatic carbocycles.